The lowest BCUT2D eigenvalue weighted by molar-refractivity contribution is -0.141. The molecule has 9 N–H and O–H groups in total. The highest BCUT2D eigenvalue weighted by Gasteiger charge is 2.37. The minimum Gasteiger partial charge on any atom is -0.469 e. The van der Waals surface area contributed by atoms with Gasteiger partial charge in [-0.25, -0.2) is 0 Å². The summed E-state index contributed by atoms with van der Waals surface area (Å²) in [7, 11) is 1.23. The zero-order chi connectivity index (χ0) is 46.6. The summed E-state index contributed by atoms with van der Waals surface area (Å²) in [5.74, 6) is -7.84. The van der Waals surface area contributed by atoms with Gasteiger partial charge in [0.25, 0.3) is 0 Å². The molecule has 0 bridgehead atoms. The van der Waals surface area contributed by atoms with E-state index >= 15 is 0 Å². The van der Waals surface area contributed by atoms with Crippen LogP contribution in [0.1, 0.15) is 77.7 Å². The standard InChI is InChI=1S/C41H60N10O12/c1-24(36(42)57)45-39(60)30-21-33(54)50(23-32(53)43-17-10-16-35(56)63-4)18-9-8-14-28(48-40(61)29(47-26(3)52)20-27-12-6-5-7-13-27)38(59)44-22-34(55)51-19-11-15-31(51)41(62)46-25(2)37(58)49-30/h5-7,12-13,24-25,28-31H,8-11,14-23H2,1-4H3,(H2,42,57)(H,43,53)(H,44,59)(H,45,60)(H,46,62)(H,47,52)(H,48,61)(H,49,58)/t24-,25+,28+,29+,30?,31-/m1/s1. The average molecular weight is 885 g/mol. The maximum atomic E-state index is 14.0. The third kappa shape index (κ3) is 17.0. The second-order valence-corrected chi connectivity index (χ2v) is 15.4. The number of ether oxygens (including phenoxy) is 1. The number of amides is 10. The summed E-state index contributed by atoms with van der Waals surface area (Å²) < 4.78 is 4.61. The molecule has 3 rings (SSSR count). The van der Waals surface area contributed by atoms with Crippen molar-refractivity contribution < 1.29 is 57.5 Å². The second kappa shape index (κ2) is 25.4. The van der Waals surface area contributed by atoms with Crippen LogP contribution in [0.5, 0.6) is 0 Å². The number of carbonyl (C=O) groups excluding carboxylic acids is 11. The second-order valence-electron chi connectivity index (χ2n) is 15.4. The molecular weight excluding hydrogens is 825 g/mol. The molecule has 1 aromatic carbocycles. The number of rotatable bonds is 14. The number of methoxy groups -OCH3 is 1. The van der Waals surface area contributed by atoms with Crippen molar-refractivity contribution in [3.63, 3.8) is 0 Å². The van der Waals surface area contributed by atoms with E-state index in [-0.39, 0.29) is 64.6 Å². The number of hydrogen-bond donors (Lipinski definition) is 8. The van der Waals surface area contributed by atoms with Crippen LogP contribution >= 0.6 is 0 Å². The molecule has 0 radical (unpaired) electrons. The zero-order valence-corrected chi connectivity index (χ0v) is 36.1. The third-order valence-electron chi connectivity index (χ3n) is 10.4. The van der Waals surface area contributed by atoms with Gasteiger partial charge < -0.3 is 57.5 Å². The van der Waals surface area contributed by atoms with Gasteiger partial charge in [-0.2, -0.15) is 0 Å². The molecule has 22 heteroatoms. The largest absolute Gasteiger partial charge is 0.469 e. The molecule has 0 aromatic heterocycles. The fraction of sp³-hybridized carbons (Fsp3) is 0.585. The monoisotopic (exact) mass is 884 g/mol. The van der Waals surface area contributed by atoms with Crippen LogP contribution in [0.15, 0.2) is 30.3 Å². The van der Waals surface area contributed by atoms with Gasteiger partial charge in [0.2, 0.25) is 59.1 Å². The fourth-order valence-electron chi connectivity index (χ4n) is 6.88. The molecule has 0 aliphatic carbocycles. The van der Waals surface area contributed by atoms with E-state index in [1.165, 1.54) is 32.8 Å². The Balaban J connectivity index is 1.95. The lowest BCUT2D eigenvalue weighted by Gasteiger charge is -2.28. The van der Waals surface area contributed by atoms with E-state index in [4.69, 9.17) is 5.73 Å². The van der Waals surface area contributed by atoms with Crippen LogP contribution in [0.2, 0.25) is 0 Å². The molecule has 63 heavy (non-hydrogen) atoms. The smallest absolute Gasteiger partial charge is 0.305 e. The predicted molar refractivity (Wildman–Crippen MR) is 223 cm³/mol. The minimum atomic E-state index is -1.62. The number of nitrogens with zero attached hydrogens (tertiary/aromatic N) is 2. The summed E-state index contributed by atoms with van der Waals surface area (Å²) in [5.41, 5.74) is 6.07. The first-order valence-electron chi connectivity index (χ1n) is 20.9. The molecule has 6 atom stereocenters. The summed E-state index contributed by atoms with van der Waals surface area (Å²) in [6, 6.07) is 1.40. The first-order valence-corrected chi connectivity index (χ1v) is 20.9. The predicted octanol–water partition coefficient (Wildman–Crippen LogP) is -3.22. The van der Waals surface area contributed by atoms with Crippen LogP contribution in [0.25, 0.3) is 0 Å². The van der Waals surface area contributed by atoms with Crippen molar-refractivity contribution in [3.8, 4) is 0 Å². The highest BCUT2D eigenvalue weighted by Crippen LogP contribution is 2.18. The Morgan fingerprint density at radius 1 is 0.889 bits per heavy atom. The van der Waals surface area contributed by atoms with Gasteiger partial charge in [-0.1, -0.05) is 30.3 Å². The van der Waals surface area contributed by atoms with Gasteiger partial charge in [0, 0.05) is 39.4 Å². The Morgan fingerprint density at radius 3 is 2.27 bits per heavy atom. The summed E-state index contributed by atoms with van der Waals surface area (Å²) in [6.45, 7) is 2.91. The quantitative estimate of drug-likeness (QED) is 0.0676. The Bertz CT molecular complexity index is 1850. The van der Waals surface area contributed by atoms with Crippen LogP contribution < -0.4 is 43.0 Å². The Morgan fingerprint density at radius 2 is 1.60 bits per heavy atom. The number of nitrogens with one attached hydrogen (secondary N) is 7. The van der Waals surface area contributed by atoms with Gasteiger partial charge in [-0.05, 0) is 57.9 Å². The highest BCUT2D eigenvalue weighted by atomic mass is 16.5. The lowest BCUT2D eigenvalue weighted by Crippen LogP contribution is -2.58. The number of primary amides is 1. The third-order valence-corrected chi connectivity index (χ3v) is 10.4. The number of hydrogen-bond acceptors (Lipinski definition) is 12. The van der Waals surface area contributed by atoms with Gasteiger partial charge in [-0.15, -0.1) is 0 Å². The molecule has 1 unspecified atom stereocenters. The molecule has 2 aliphatic rings. The Hall–Kier alpha value is -6.61. The fourth-order valence-corrected chi connectivity index (χ4v) is 6.88. The molecule has 2 aliphatic heterocycles. The van der Waals surface area contributed by atoms with Crippen molar-refractivity contribution in [1.29, 1.82) is 0 Å². The van der Waals surface area contributed by atoms with Gasteiger partial charge in [0.05, 0.1) is 26.6 Å². The summed E-state index contributed by atoms with van der Waals surface area (Å²) in [5, 5.41) is 17.8. The van der Waals surface area contributed by atoms with Gasteiger partial charge >= 0.3 is 5.97 Å². The molecular formula is C41H60N10O12. The number of carbonyl (C=O) groups is 11. The molecule has 2 heterocycles. The average Bonchev–Trinajstić information content (AvgIpc) is 3.74. The van der Waals surface area contributed by atoms with Gasteiger partial charge in [-0.3, -0.25) is 52.7 Å². The van der Waals surface area contributed by atoms with E-state index < -0.39 is 121 Å². The van der Waals surface area contributed by atoms with Crippen molar-refractivity contribution in [2.75, 3.05) is 39.8 Å². The van der Waals surface area contributed by atoms with Crippen molar-refractivity contribution in [1.82, 2.24) is 47.0 Å². The minimum absolute atomic E-state index is 0.0225. The van der Waals surface area contributed by atoms with Gasteiger partial charge in [0.15, 0.2) is 0 Å². The molecule has 2 saturated heterocycles. The van der Waals surface area contributed by atoms with Crippen LogP contribution in [-0.4, -0.2) is 151 Å². The molecule has 0 saturated carbocycles. The van der Waals surface area contributed by atoms with Crippen molar-refractivity contribution >= 4 is 65.0 Å². The van der Waals surface area contributed by atoms with Crippen LogP contribution in [0, 0.1) is 0 Å². The highest BCUT2D eigenvalue weighted by molar-refractivity contribution is 5.98. The van der Waals surface area contributed by atoms with E-state index in [9.17, 15) is 52.7 Å². The first-order chi connectivity index (χ1) is 29.9. The Labute approximate surface area is 365 Å². The lowest BCUT2D eigenvalue weighted by atomic mass is 10.0. The Kier molecular flexibility index (Phi) is 20.4. The van der Waals surface area contributed by atoms with Crippen molar-refractivity contribution in [2.45, 2.75) is 115 Å². The maximum absolute atomic E-state index is 14.0. The number of nitrogens with two attached hydrogens (primary N) is 1. The number of esters is 1. The molecule has 2 fully saturated rings. The molecule has 0 spiro atoms. The SMILES string of the molecule is COC(=O)CCCNC(=O)CN1CCCC[C@H](NC(=O)[C@H](Cc2ccccc2)NC(C)=O)C(=O)NCC(=O)N2CCC[C@@H]2C(=O)N[C@@H](C)C(=O)NC(C(=O)N[C@H](C)C(N)=O)CC1=O. The van der Waals surface area contributed by atoms with Crippen molar-refractivity contribution in [3.05, 3.63) is 35.9 Å². The molecule has 1 aromatic rings. The van der Waals surface area contributed by atoms with E-state index in [2.05, 4.69) is 42.0 Å². The summed E-state index contributed by atoms with van der Waals surface area (Å²) in [6.07, 6.45) is 0.579. The topological polar surface area (TPSA) is 314 Å². The van der Waals surface area contributed by atoms with Crippen LogP contribution in [0.3, 0.4) is 0 Å². The van der Waals surface area contributed by atoms with Crippen molar-refractivity contribution in [2.24, 2.45) is 5.73 Å². The van der Waals surface area contributed by atoms with E-state index in [1.54, 1.807) is 30.3 Å². The zero-order valence-electron chi connectivity index (χ0n) is 36.1. The van der Waals surface area contributed by atoms with Crippen LogP contribution in [-0.2, 0) is 63.9 Å². The number of benzene rings is 1. The maximum Gasteiger partial charge on any atom is 0.305 e. The normalized spacial score (nSPS) is 21.6. The van der Waals surface area contributed by atoms with Gasteiger partial charge in [0.1, 0.15) is 36.3 Å². The van der Waals surface area contributed by atoms with Crippen LogP contribution in [0.4, 0.5) is 0 Å². The summed E-state index contributed by atoms with van der Waals surface area (Å²) >= 11 is 0. The summed E-state index contributed by atoms with van der Waals surface area (Å²) in [4.78, 5) is 146. The van der Waals surface area contributed by atoms with E-state index in [0.717, 1.165) is 10.5 Å². The molecule has 22 nitrogen and oxygen atoms in total. The molecule has 10 amide bonds. The first kappa shape index (κ1) is 50.7. The molecule has 346 valence electrons. The van der Waals surface area contributed by atoms with E-state index in [0.29, 0.717) is 6.42 Å². The number of fused-ring (bicyclic) bond motifs is 1. The van der Waals surface area contributed by atoms with E-state index in [1.807, 2.05) is 0 Å².